The number of nitrogens with one attached hydrogen (secondary N) is 1. The smallest absolute Gasteiger partial charge is 0.228 e. The molecule has 0 aliphatic carbocycles. The number of rotatable bonds is 4. The average Bonchev–Trinajstić information content (AvgIpc) is 3.24. The number of benzene rings is 1. The van der Waals surface area contributed by atoms with Crippen molar-refractivity contribution < 1.29 is 13.2 Å². The van der Waals surface area contributed by atoms with Crippen molar-refractivity contribution in [2.24, 2.45) is 5.92 Å². The Kier molecular flexibility index (Phi) is 5.48. The monoisotopic (exact) mass is 434 g/mol. The fraction of sp³-hybridized carbons (Fsp3) is 0.500. The summed E-state index contributed by atoms with van der Waals surface area (Å²) >= 11 is 1.80. The number of aryl methyl sites for hydroxylation is 2. The molecule has 2 aromatic rings. The number of nitrogens with zero attached hydrogens (tertiary/aromatic N) is 3. The summed E-state index contributed by atoms with van der Waals surface area (Å²) in [5, 5.41) is 7.92. The summed E-state index contributed by atoms with van der Waals surface area (Å²) in [4.78, 5) is 13.0. The molecule has 4 rings (SSSR count). The summed E-state index contributed by atoms with van der Waals surface area (Å²) in [6.45, 7) is 4.89. The first-order chi connectivity index (χ1) is 13.7. The number of fused-ring (bicyclic) bond motifs is 1. The zero-order valence-electron chi connectivity index (χ0n) is 16.9. The number of hydrogen-bond acceptors (Lipinski definition) is 5. The molecule has 2 aliphatic rings. The second-order valence-corrected chi connectivity index (χ2v) is 10.9. The van der Waals surface area contributed by atoms with E-state index in [-0.39, 0.29) is 11.8 Å². The Morgan fingerprint density at radius 3 is 2.59 bits per heavy atom. The van der Waals surface area contributed by atoms with Gasteiger partial charge in [0.15, 0.2) is 0 Å². The molecule has 1 saturated heterocycles. The van der Waals surface area contributed by atoms with E-state index in [1.165, 1.54) is 16.1 Å². The third-order valence-corrected chi connectivity index (χ3v) is 7.94. The molecule has 0 saturated carbocycles. The lowest BCUT2D eigenvalue weighted by molar-refractivity contribution is -0.120. The second-order valence-electron chi connectivity index (χ2n) is 7.89. The minimum atomic E-state index is -3.20. The molecule has 1 aromatic heterocycles. The standard InChI is InChI=1S/C20H26N4O3S2/c1-13-4-5-18(14(2)10-13)24-19(16-11-28-12-17(16)22-24)21-20(25)15-6-8-23(9-7-15)29(3,26)27/h4-5,10,15H,6-9,11-12H2,1-3H3,(H,21,25). The van der Waals surface area contributed by atoms with Gasteiger partial charge in [0.25, 0.3) is 0 Å². The Labute approximate surface area is 175 Å². The van der Waals surface area contributed by atoms with E-state index in [1.807, 2.05) is 10.7 Å². The van der Waals surface area contributed by atoms with Crippen molar-refractivity contribution in [3.8, 4) is 5.69 Å². The van der Waals surface area contributed by atoms with Crippen LogP contribution in [0.15, 0.2) is 18.2 Å². The largest absolute Gasteiger partial charge is 0.310 e. The van der Waals surface area contributed by atoms with Gasteiger partial charge < -0.3 is 5.32 Å². The van der Waals surface area contributed by atoms with E-state index in [0.29, 0.717) is 25.9 Å². The van der Waals surface area contributed by atoms with Gasteiger partial charge in [0, 0.05) is 36.1 Å². The summed E-state index contributed by atoms with van der Waals surface area (Å²) in [5.74, 6) is 2.20. The molecule has 1 amide bonds. The van der Waals surface area contributed by atoms with Crippen LogP contribution in [0.4, 0.5) is 5.82 Å². The highest BCUT2D eigenvalue weighted by Gasteiger charge is 2.31. The van der Waals surface area contributed by atoms with E-state index in [1.54, 1.807) is 11.8 Å². The first-order valence-electron chi connectivity index (χ1n) is 9.76. The van der Waals surface area contributed by atoms with E-state index in [4.69, 9.17) is 5.10 Å². The Balaban J connectivity index is 1.58. The average molecular weight is 435 g/mol. The lowest BCUT2D eigenvalue weighted by Crippen LogP contribution is -2.41. The molecule has 3 heterocycles. The predicted molar refractivity (Wildman–Crippen MR) is 116 cm³/mol. The number of carbonyl (C=O) groups is 1. The fourth-order valence-corrected chi connectivity index (χ4v) is 5.94. The van der Waals surface area contributed by atoms with Gasteiger partial charge in [-0.3, -0.25) is 4.79 Å². The maximum atomic E-state index is 13.0. The number of anilines is 1. The highest BCUT2D eigenvalue weighted by atomic mass is 32.2. The van der Waals surface area contributed by atoms with Crippen molar-refractivity contribution >= 4 is 33.5 Å². The van der Waals surface area contributed by atoms with E-state index in [9.17, 15) is 13.2 Å². The summed E-state index contributed by atoms with van der Waals surface area (Å²) in [6, 6.07) is 6.21. The Morgan fingerprint density at radius 2 is 1.93 bits per heavy atom. The number of aromatic nitrogens is 2. The number of carbonyl (C=O) groups excluding carboxylic acids is 1. The van der Waals surface area contributed by atoms with Gasteiger partial charge in [-0.05, 0) is 38.3 Å². The Hall–Kier alpha value is -1.84. The van der Waals surface area contributed by atoms with Gasteiger partial charge in [-0.1, -0.05) is 17.7 Å². The second kappa shape index (κ2) is 7.77. The van der Waals surface area contributed by atoms with Crippen LogP contribution in [0, 0.1) is 19.8 Å². The number of hydrogen-bond donors (Lipinski definition) is 1. The lowest BCUT2D eigenvalue weighted by atomic mass is 9.97. The fourth-order valence-electron chi connectivity index (χ4n) is 4.03. The number of piperidine rings is 1. The molecule has 29 heavy (non-hydrogen) atoms. The molecule has 0 radical (unpaired) electrons. The molecule has 0 spiro atoms. The normalized spacial score (nSPS) is 18.0. The zero-order chi connectivity index (χ0) is 20.8. The van der Waals surface area contributed by atoms with Crippen LogP contribution >= 0.6 is 11.8 Å². The van der Waals surface area contributed by atoms with Crippen LogP contribution in [-0.2, 0) is 26.3 Å². The van der Waals surface area contributed by atoms with Crippen molar-refractivity contribution in [1.82, 2.24) is 14.1 Å². The molecule has 7 nitrogen and oxygen atoms in total. The molecule has 1 aromatic carbocycles. The minimum absolute atomic E-state index is 0.0521. The molecule has 0 bridgehead atoms. The van der Waals surface area contributed by atoms with Crippen molar-refractivity contribution in [3.05, 3.63) is 40.6 Å². The number of thioether (sulfide) groups is 1. The quantitative estimate of drug-likeness (QED) is 0.800. The molecular weight excluding hydrogens is 408 g/mol. The summed E-state index contributed by atoms with van der Waals surface area (Å²) in [7, 11) is -3.20. The summed E-state index contributed by atoms with van der Waals surface area (Å²) in [5.41, 5.74) is 5.38. The van der Waals surface area contributed by atoms with E-state index >= 15 is 0 Å². The van der Waals surface area contributed by atoms with Gasteiger partial charge in [-0.15, -0.1) is 0 Å². The predicted octanol–water partition coefficient (Wildman–Crippen LogP) is 2.85. The van der Waals surface area contributed by atoms with E-state index < -0.39 is 10.0 Å². The van der Waals surface area contributed by atoms with Crippen LogP contribution in [0.5, 0.6) is 0 Å². The molecule has 0 atom stereocenters. The lowest BCUT2D eigenvalue weighted by Gasteiger charge is -2.29. The van der Waals surface area contributed by atoms with Crippen LogP contribution in [-0.4, -0.2) is 47.8 Å². The molecule has 1 N–H and O–H groups in total. The number of sulfonamides is 1. The third kappa shape index (κ3) is 4.08. The topological polar surface area (TPSA) is 84.3 Å². The van der Waals surface area contributed by atoms with Crippen molar-refractivity contribution in [2.75, 3.05) is 24.7 Å². The summed E-state index contributed by atoms with van der Waals surface area (Å²) < 4.78 is 26.7. The van der Waals surface area contributed by atoms with Crippen molar-refractivity contribution in [2.45, 2.75) is 38.2 Å². The molecule has 9 heteroatoms. The van der Waals surface area contributed by atoms with Gasteiger partial charge in [0.1, 0.15) is 5.82 Å². The van der Waals surface area contributed by atoms with Gasteiger partial charge in [0.2, 0.25) is 15.9 Å². The van der Waals surface area contributed by atoms with E-state index in [2.05, 4.69) is 31.3 Å². The van der Waals surface area contributed by atoms with Crippen LogP contribution in [0.2, 0.25) is 0 Å². The molecule has 2 aliphatic heterocycles. The molecular formula is C20H26N4O3S2. The zero-order valence-corrected chi connectivity index (χ0v) is 18.6. The summed E-state index contributed by atoms with van der Waals surface area (Å²) in [6.07, 6.45) is 2.29. The van der Waals surface area contributed by atoms with Crippen LogP contribution in [0.25, 0.3) is 5.69 Å². The third-order valence-electron chi connectivity index (χ3n) is 5.67. The van der Waals surface area contributed by atoms with Gasteiger partial charge in [0.05, 0.1) is 17.6 Å². The highest BCUT2D eigenvalue weighted by molar-refractivity contribution is 7.98. The van der Waals surface area contributed by atoms with Gasteiger partial charge in [-0.25, -0.2) is 17.4 Å². The van der Waals surface area contributed by atoms with Crippen molar-refractivity contribution in [3.63, 3.8) is 0 Å². The first-order valence-corrected chi connectivity index (χ1v) is 12.8. The first kappa shape index (κ1) is 20.4. The SMILES string of the molecule is Cc1ccc(-n2nc3c(c2NC(=O)C2CCN(S(C)(=O)=O)CC2)CSC3)c(C)c1. The maximum Gasteiger partial charge on any atom is 0.228 e. The Morgan fingerprint density at radius 1 is 1.21 bits per heavy atom. The Bertz CT molecular complexity index is 1050. The number of amides is 1. The van der Waals surface area contributed by atoms with Gasteiger partial charge in [-0.2, -0.15) is 16.9 Å². The van der Waals surface area contributed by atoms with Crippen LogP contribution in [0.1, 0.15) is 35.2 Å². The van der Waals surface area contributed by atoms with Crippen molar-refractivity contribution in [1.29, 1.82) is 0 Å². The maximum absolute atomic E-state index is 13.0. The van der Waals surface area contributed by atoms with E-state index in [0.717, 1.165) is 39.8 Å². The molecule has 1 fully saturated rings. The molecule has 0 unspecified atom stereocenters. The minimum Gasteiger partial charge on any atom is -0.310 e. The van der Waals surface area contributed by atoms with Gasteiger partial charge >= 0.3 is 0 Å². The molecule has 156 valence electrons. The van der Waals surface area contributed by atoms with Crippen LogP contribution < -0.4 is 5.32 Å². The van der Waals surface area contributed by atoms with Crippen LogP contribution in [0.3, 0.4) is 0 Å². The highest BCUT2D eigenvalue weighted by Crippen LogP contribution is 2.37.